The van der Waals surface area contributed by atoms with Gasteiger partial charge < -0.3 is 5.32 Å². The predicted molar refractivity (Wildman–Crippen MR) is 72.0 cm³/mol. The van der Waals surface area contributed by atoms with Crippen LogP contribution in [0.3, 0.4) is 0 Å². The Bertz CT molecular complexity index is 476. The lowest BCUT2D eigenvalue weighted by Crippen LogP contribution is -2.38. The Morgan fingerprint density at radius 3 is 2.67 bits per heavy atom. The van der Waals surface area contributed by atoms with E-state index in [0.29, 0.717) is 17.4 Å². The maximum absolute atomic E-state index is 12.1. The van der Waals surface area contributed by atoms with Gasteiger partial charge in [-0.2, -0.15) is 0 Å². The molecule has 4 nitrogen and oxygen atoms in total. The molecule has 100 valence electrons. The van der Waals surface area contributed by atoms with E-state index in [-0.39, 0.29) is 0 Å². The lowest BCUT2D eigenvalue weighted by molar-refractivity contribution is 0.376. The molecular weight excluding hydrogens is 248 g/mol. The van der Waals surface area contributed by atoms with Crippen LogP contribution in [0, 0.1) is 12.8 Å². The van der Waals surface area contributed by atoms with Gasteiger partial charge in [0.25, 0.3) is 0 Å². The molecular formula is C13H20N2O2S. The molecule has 1 aliphatic rings. The molecule has 1 aromatic rings. The highest BCUT2D eigenvalue weighted by molar-refractivity contribution is 7.89. The van der Waals surface area contributed by atoms with Crippen LogP contribution >= 0.6 is 0 Å². The average Bonchev–Trinajstić information content (AvgIpc) is 2.38. The van der Waals surface area contributed by atoms with E-state index in [1.165, 1.54) is 0 Å². The SMILES string of the molecule is Cc1ccc(S(=O)(=O)NC[C@@H]2CCCNC2)cc1. The van der Waals surface area contributed by atoms with Gasteiger partial charge in [0.1, 0.15) is 0 Å². The van der Waals surface area contributed by atoms with Crippen LogP contribution in [0.15, 0.2) is 29.2 Å². The van der Waals surface area contributed by atoms with Crippen LogP contribution in [-0.4, -0.2) is 28.1 Å². The highest BCUT2D eigenvalue weighted by atomic mass is 32.2. The molecule has 0 aromatic heterocycles. The quantitative estimate of drug-likeness (QED) is 0.864. The molecule has 1 aliphatic heterocycles. The smallest absolute Gasteiger partial charge is 0.240 e. The van der Waals surface area contributed by atoms with Crippen molar-refractivity contribution in [1.29, 1.82) is 0 Å². The first-order chi connectivity index (χ1) is 8.58. The number of sulfonamides is 1. The van der Waals surface area contributed by atoms with Crippen LogP contribution in [-0.2, 0) is 10.0 Å². The largest absolute Gasteiger partial charge is 0.316 e. The maximum atomic E-state index is 12.1. The predicted octanol–water partition coefficient (Wildman–Crippen LogP) is 1.27. The van der Waals surface area contributed by atoms with Gasteiger partial charge >= 0.3 is 0 Å². The molecule has 0 amide bonds. The molecule has 0 bridgehead atoms. The summed E-state index contributed by atoms with van der Waals surface area (Å²) in [6, 6.07) is 6.93. The molecule has 1 heterocycles. The number of hydrogen-bond acceptors (Lipinski definition) is 3. The van der Waals surface area contributed by atoms with E-state index in [4.69, 9.17) is 0 Å². The van der Waals surface area contributed by atoms with Crippen LogP contribution in [0.25, 0.3) is 0 Å². The monoisotopic (exact) mass is 268 g/mol. The van der Waals surface area contributed by atoms with E-state index in [2.05, 4.69) is 10.0 Å². The van der Waals surface area contributed by atoms with Gasteiger partial charge in [-0.05, 0) is 50.9 Å². The normalized spacial score (nSPS) is 20.8. The molecule has 0 saturated carbocycles. The van der Waals surface area contributed by atoms with E-state index in [9.17, 15) is 8.42 Å². The van der Waals surface area contributed by atoms with Crippen molar-refractivity contribution in [1.82, 2.24) is 10.0 Å². The molecule has 0 unspecified atom stereocenters. The number of rotatable bonds is 4. The first kappa shape index (κ1) is 13.5. The first-order valence-corrected chi connectivity index (χ1v) is 7.83. The van der Waals surface area contributed by atoms with Crippen LogP contribution in [0.5, 0.6) is 0 Å². The molecule has 0 radical (unpaired) electrons. The van der Waals surface area contributed by atoms with Crippen LogP contribution in [0.4, 0.5) is 0 Å². The summed E-state index contributed by atoms with van der Waals surface area (Å²) in [6.07, 6.45) is 2.21. The van der Waals surface area contributed by atoms with Crippen molar-refractivity contribution in [2.75, 3.05) is 19.6 Å². The summed E-state index contributed by atoms with van der Waals surface area (Å²) in [6.45, 7) is 4.40. The van der Waals surface area contributed by atoms with E-state index < -0.39 is 10.0 Å². The zero-order valence-electron chi connectivity index (χ0n) is 10.6. The van der Waals surface area contributed by atoms with Gasteiger partial charge in [0.05, 0.1) is 4.90 Å². The van der Waals surface area contributed by atoms with Crippen molar-refractivity contribution < 1.29 is 8.42 Å². The fourth-order valence-electron chi connectivity index (χ4n) is 2.13. The lowest BCUT2D eigenvalue weighted by Gasteiger charge is -2.22. The summed E-state index contributed by atoms with van der Waals surface area (Å²) < 4.78 is 26.8. The number of nitrogens with one attached hydrogen (secondary N) is 2. The van der Waals surface area contributed by atoms with Gasteiger partial charge in [0.2, 0.25) is 10.0 Å². The average molecular weight is 268 g/mol. The van der Waals surface area contributed by atoms with Crippen molar-refractivity contribution in [3.63, 3.8) is 0 Å². The highest BCUT2D eigenvalue weighted by Gasteiger charge is 2.18. The maximum Gasteiger partial charge on any atom is 0.240 e. The summed E-state index contributed by atoms with van der Waals surface area (Å²) in [5, 5.41) is 3.28. The van der Waals surface area contributed by atoms with E-state index >= 15 is 0 Å². The molecule has 1 fully saturated rings. The minimum atomic E-state index is -3.35. The van der Waals surface area contributed by atoms with Crippen molar-refractivity contribution in [3.05, 3.63) is 29.8 Å². The Morgan fingerprint density at radius 2 is 2.06 bits per heavy atom. The Kier molecular flexibility index (Phi) is 4.37. The molecule has 1 aromatic carbocycles. The molecule has 1 atom stereocenters. The van der Waals surface area contributed by atoms with Gasteiger partial charge in [-0.1, -0.05) is 17.7 Å². The topological polar surface area (TPSA) is 58.2 Å². The van der Waals surface area contributed by atoms with E-state index in [1.807, 2.05) is 19.1 Å². The zero-order valence-corrected chi connectivity index (χ0v) is 11.5. The second-order valence-electron chi connectivity index (χ2n) is 4.88. The van der Waals surface area contributed by atoms with E-state index in [0.717, 1.165) is 31.5 Å². The van der Waals surface area contributed by atoms with Crippen molar-refractivity contribution in [2.45, 2.75) is 24.7 Å². The number of piperidine rings is 1. The summed E-state index contributed by atoms with van der Waals surface area (Å²) in [7, 11) is -3.35. The Balaban J connectivity index is 1.96. The van der Waals surface area contributed by atoms with Gasteiger partial charge in [0.15, 0.2) is 0 Å². The lowest BCUT2D eigenvalue weighted by atomic mass is 10.0. The molecule has 0 spiro atoms. The van der Waals surface area contributed by atoms with Crippen LogP contribution in [0.2, 0.25) is 0 Å². The molecule has 1 saturated heterocycles. The Labute approximate surface area is 109 Å². The van der Waals surface area contributed by atoms with Gasteiger partial charge in [0, 0.05) is 6.54 Å². The summed E-state index contributed by atoms with van der Waals surface area (Å²) in [4.78, 5) is 0.344. The zero-order chi connectivity index (χ0) is 13.0. The van der Waals surface area contributed by atoms with Gasteiger partial charge in [-0.25, -0.2) is 13.1 Å². The third-order valence-electron chi connectivity index (χ3n) is 3.29. The van der Waals surface area contributed by atoms with Crippen LogP contribution in [0.1, 0.15) is 18.4 Å². The molecule has 2 rings (SSSR count). The Hall–Kier alpha value is -0.910. The molecule has 18 heavy (non-hydrogen) atoms. The first-order valence-electron chi connectivity index (χ1n) is 6.35. The summed E-state index contributed by atoms with van der Waals surface area (Å²) in [5.74, 6) is 0.402. The third-order valence-corrected chi connectivity index (χ3v) is 4.73. The highest BCUT2D eigenvalue weighted by Crippen LogP contribution is 2.12. The molecule has 0 aliphatic carbocycles. The Morgan fingerprint density at radius 1 is 1.33 bits per heavy atom. The van der Waals surface area contributed by atoms with Gasteiger partial charge in [-0.3, -0.25) is 0 Å². The van der Waals surface area contributed by atoms with Crippen molar-refractivity contribution >= 4 is 10.0 Å². The summed E-state index contributed by atoms with van der Waals surface area (Å²) >= 11 is 0. The minimum absolute atomic E-state index is 0.344. The van der Waals surface area contributed by atoms with Crippen molar-refractivity contribution in [2.24, 2.45) is 5.92 Å². The van der Waals surface area contributed by atoms with Crippen LogP contribution < -0.4 is 10.0 Å². The number of aryl methyl sites for hydroxylation is 1. The number of benzene rings is 1. The summed E-state index contributed by atoms with van der Waals surface area (Å²) in [5.41, 5.74) is 1.06. The van der Waals surface area contributed by atoms with E-state index in [1.54, 1.807) is 12.1 Å². The fraction of sp³-hybridized carbons (Fsp3) is 0.538. The standard InChI is InChI=1S/C13H20N2O2S/c1-11-4-6-13(7-5-11)18(16,17)15-10-12-3-2-8-14-9-12/h4-7,12,14-15H,2-3,8-10H2,1H3/t12-/m1/s1. The molecule has 2 N–H and O–H groups in total. The van der Waals surface area contributed by atoms with Crippen molar-refractivity contribution in [3.8, 4) is 0 Å². The number of hydrogen-bond donors (Lipinski definition) is 2. The molecule has 5 heteroatoms. The second-order valence-corrected chi connectivity index (χ2v) is 6.64. The second kappa shape index (κ2) is 5.82. The minimum Gasteiger partial charge on any atom is -0.316 e. The third kappa shape index (κ3) is 3.54. The fourth-order valence-corrected chi connectivity index (χ4v) is 3.24. The van der Waals surface area contributed by atoms with Gasteiger partial charge in [-0.15, -0.1) is 0 Å².